The van der Waals surface area contributed by atoms with Crippen LogP contribution in [0.2, 0.25) is 0 Å². The summed E-state index contributed by atoms with van der Waals surface area (Å²) in [5.74, 6) is 1.55. The number of nitrogens with one attached hydrogen (secondary N) is 1. The Morgan fingerprint density at radius 2 is 2.02 bits per heavy atom. The smallest absolute Gasteiger partial charge is 0.309 e. The van der Waals surface area contributed by atoms with E-state index in [1.165, 1.54) is 24.5 Å². The molecule has 0 unspecified atom stereocenters. The van der Waals surface area contributed by atoms with E-state index < -0.39 is 11.4 Å². The van der Waals surface area contributed by atoms with Crippen LogP contribution in [0.1, 0.15) is 98.8 Å². The second-order valence-corrected chi connectivity index (χ2v) is 15.3. The number of benzene rings is 1. The van der Waals surface area contributed by atoms with Crippen molar-refractivity contribution in [2.45, 2.75) is 96.6 Å². The van der Waals surface area contributed by atoms with Crippen LogP contribution < -0.4 is 10.2 Å². The summed E-state index contributed by atoms with van der Waals surface area (Å²) in [4.78, 5) is 27.3. The van der Waals surface area contributed by atoms with Gasteiger partial charge in [0.05, 0.1) is 23.3 Å². The van der Waals surface area contributed by atoms with Gasteiger partial charge in [-0.3, -0.25) is 9.48 Å². The molecule has 8 rings (SSSR count). The van der Waals surface area contributed by atoms with Gasteiger partial charge < -0.3 is 20.2 Å². The lowest BCUT2D eigenvalue weighted by molar-refractivity contribution is -0.230. The molecule has 10 heteroatoms. The minimum atomic E-state index is -0.652. The summed E-state index contributed by atoms with van der Waals surface area (Å²) in [6.07, 6.45) is 10.0. The molecule has 2 aromatic heterocycles. The summed E-state index contributed by atoms with van der Waals surface area (Å²) in [6.45, 7) is 9.67. The number of carboxylic acid groups (broad SMARTS) is 1. The summed E-state index contributed by atoms with van der Waals surface area (Å²) in [5.41, 5.74) is 4.98. The number of fused-ring (bicyclic) bond motifs is 1. The summed E-state index contributed by atoms with van der Waals surface area (Å²) in [7, 11) is 4.08. The molecule has 5 aliphatic rings. The SMILES string of the molecule is CC[C@@H](N(C)c1nc2c(c(N[C@@H](CN3CCC[C@H](C)C3)c3cnn(C)c3C)n1)C[C@H](c1cccc(F)c1)CC2)C12CC(C(=O)O)(C1)C2. The van der Waals surface area contributed by atoms with E-state index in [1.807, 2.05) is 24.0 Å². The van der Waals surface area contributed by atoms with E-state index >= 15 is 0 Å². The van der Waals surface area contributed by atoms with Gasteiger partial charge in [-0.2, -0.15) is 10.1 Å². The number of hydrogen-bond acceptors (Lipinski definition) is 7. The van der Waals surface area contributed by atoms with Crippen molar-refractivity contribution < 1.29 is 14.3 Å². The fourth-order valence-corrected chi connectivity index (χ4v) is 9.58. The first kappa shape index (κ1) is 32.0. The highest BCUT2D eigenvalue weighted by molar-refractivity contribution is 5.79. The average molecular weight is 644 g/mol. The van der Waals surface area contributed by atoms with Gasteiger partial charge in [0.1, 0.15) is 11.6 Å². The van der Waals surface area contributed by atoms with Crippen molar-refractivity contribution in [1.29, 1.82) is 0 Å². The maximum atomic E-state index is 14.3. The topological polar surface area (TPSA) is 99.4 Å². The fourth-order valence-electron chi connectivity index (χ4n) is 9.58. The first-order chi connectivity index (χ1) is 22.5. The summed E-state index contributed by atoms with van der Waals surface area (Å²) in [5, 5.41) is 18.4. The van der Waals surface area contributed by atoms with E-state index in [2.05, 4.69) is 48.0 Å². The van der Waals surface area contributed by atoms with Crippen molar-refractivity contribution in [2.75, 3.05) is 36.9 Å². The van der Waals surface area contributed by atoms with E-state index in [1.54, 1.807) is 12.1 Å². The third kappa shape index (κ3) is 5.70. The maximum Gasteiger partial charge on any atom is 0.309 e. The lowest BCUT2D eigenvalue weighted by Crippen LogP contribution is -2.72. The molecule has 252 valence electrons. The molecular weight excluding hydrogens is 593 g/mol. The van der Waals surface area contributed by atoms with Crippen LogP contribution in [0.25, 0.3) is 0 Å². The number of aromatic nitrogens is 4. The van der Waals surface area contributed by atoms with Crippen molar-refractivity contribution in [2.24, 2.45) is 23.8 Å². The highest BCUT2D eigenvalue weighted by Crippen LogP contribution is 2.75. The molecule has 0 radical (unpaired) electrons. The van der Waals surface area contributed by atoms with Gasteiger partial charge >= 0.3 is 5.97 Å². The molecule has 4 fully saturated rings. The lowest BCUT2D eigenvalue weighted by atomic mass is 9.33. The van der Waals surface area contributed by atoms with E-state index in [-0.39, 0.29) is 29.2 Å². The predicted molar refractivity (Wildman–Crippen MR) is 181 cm³/mol. The predicted octanol–water partition coefficient (Wildman–Crippen LogP) is 6.28. The maximum absolute atomic E-state index is 14.3. The lowest BCUT2D eigenvalue weighted by Gasteiger charge is -2.71. The second kappa shape index (κ2) is 12.2. The first-order valence-electron chi connectivity index (χ1n) is 17.6. The van der Waals surface area contributed by atoms with Gasteiger partial charge in [0.15, 0.2) is 0 Å². The van der Waals surface area contributed by atoms with Gasteiger partial charge in [-0.05, 0) is 106 Å². The third-order valence-corrected chi connectivity index (χ3v) is 12.1. The van der Waals surface area contributed by atoms with Crippen LogP contribution in [0, 0.1) is 29.5 Å². The highest BCUT2D eigenvalue weighted by atomic mass is 19.1. The van der Waals surface area contributed by atoms with E-state index in [0.29, 0.717) is 11.9 Å². The highest BCUT2D eigenvalue weighted by Gasteiger charge is 2.74. The number of hydrogen-bond donors (Lipinski definition) is 2. The summed E-state index contributed by atoms with van der Waals surface area (Å²) < 4.78 is 16.3. The Morgan fingerprint density at radius 1 is 1.23 bits per heavy atom. The molecule has 0 spiro atoms. The van der Waals surface area contributed by atoms with Crippen molar-refractivity contribution in [3.63, 3.8) is 0 Å². The molecule has 3 heterocycles. The van der Waals surface area contributed by atoms with Gasteiger partial charge in [0, 0.05) is 50.0 Å². The number of anilines is 2. The number of rotatable bonds is 11. The van der Waals surface area contributed by atoms with Crippen LogP contribution >= 0.6 is 0 Å². The van der Waals surface area contributed by atoms with Gasteiger partial charge in [-0.1, -0.05) is 26.0 Å². The summed E-state index contributed by atoms with van der Waals surface area (Å²) in [6, 6.07) is 7.17. The van der Waals surface area contributed by atoms with Crippen LogP contribution in [-0.4, -0.2) is 68.4 Å². The zero-order valence-corrected chi connectivity index (χ0v) is 28.6. The van der Waals surface area contributed by atoms with Gasteiger partial charge in [-0.25, -0.2) is 9.37 Å². The van der Waals surface area contributed by atoms with E-state index in [9.17, 15) is 14.3 Å². The Bertz CT molecular complexity index is 1640. The molecule has 1 saturated heterocycles. The van der Waals surface area contributed by atoms with Gasteiger partial charge in [0.25, 0.3) is 0 Å². The number of piperidine rings is 1. The molecule has 4 aliphatic carbocycles. The van der Waals surface area contributed by atoms with Crippen LogP contribution in [0.3, 0.4) is 0 Å². The monoisotopic (exact) mass is 643 g/mol. The molecular formula is C37H50FN7O2. The number of likely N-dealkylation sites (tertiary alicyclic amines) is 1. The Hall–Kier alpha value is -3.53. The Balaban J connectivity index is 1.25. The summed E-state index contributed by atoms with van der Waals surface area (Å²) >= 11 is 0. The first-order valence-corrected chi connectivity index (χ1v) is 17.6. The number of aliphatic carboxylic acids is 1. The molecule has 2 N–H and O–H groups in total. The second-order valence-electron chi connectivity index (χ2n) is 15.3. The molecule has 47 heavy (non-hydrogen) atoms. The number of nitrogens with zero attached hydrogens (tertiary/aromatic N) is 6. The van der Waals surface area contributed by atoms with Crippen LogP contribution in [-0.2, 0) is 24.7 Å². The van der Waals surface area contributed by atoms with Crippen LogP contribution in [0.15, 0.2) is 30.5 Å². The molecule has 3 aromatic rings. The molecule has 0 amide bonds. The number of carboxylic acids is 1. The molecule has 1 aromatic carbocycles. The van der Waals surface area contributed by atoms with Crippen molar-refractivity contribution >= 4 is 17.7 Å². The Morgan fingerprint density at radius 3 is 2.68 bits per heavy atom. The third-order valence-electron chi connectivity index (χ3n) is 12.1. The largest absolute Gasteiger partial charge is 0.481 e. The molecule has 1 aliphatic heterocycles. The van der Waals surface area contributed by atoms with E-state index in [0.717, 1.165) is 92.9 Å². The van der Waals surface area contributed by atoms with Crippen LogP contribution in [0.4, 0.5) is 16.2 Å². The zero-order chi connectivity index (χ0) is 33.1. The van der Waals surface area contributed by atoms with E-state index in [4.69, 9.17) is 9.97 Å². The number of halogens is 1. The molecule has 3 saturated carbocycles. The number of carbonyl (C=O) groups is 1. The van der Waals surface area contributed by atoms with Crippen LogP contribution in [0.5, 0.6) is 0 Å². The fraction of sp³-hybridized carbons (Fsp3) is 0.622. The average Bonchev–Trinajstić information content (AvgIpc) is 3.34. The molecule has 2 bridgehead atoms. The minimum Gasteiger partial charge on any atom is -0.481 e. The molecule has 9 nitrogen and oxygen atoms in total. The Kier molecular flexibility index (Phi) is 8.30. The minimum absolute atomic E-state index is 0.0114. The zero-order valence-electron chi connectivity index (χ0n) is 28.6. The quantitative estimate of drug-likeness (QED) is 0.252. The van der Waals surface area contributed by atoms with Crippen molar-refractivity contribution in [3.8, 4) is 0 Å². The van der Waals surface area contributed by atoms with Gasteiger partial charge in [0.2, 0.25) is 5.95 Å². The van der Waals surface area contributed by atoms with Crippen molar-refractivity contribution in [1.82, 2.24) is 24.6 Å². The number of aryl methyl sites for hydroxylation is 2. The normalized spacial score (nSPS) is 28.0. The van der Waals surface area contributed by atoms with Crippen molar-refractivity contribution in [3.05, 3.63) is 64.4 Å². The standard InChI is InChI=1S/C37H50FN7O2/c1-6-32(36-20-37(21-36,22-36)34(46)47)43(4)35-41-30-13-12-26(25-10-7-11-27(38)15-25)16-28(30)33(42-35)40-31(29-17-39-44(5)24(29)3)19-45-14-8-9-23(2)18-45/h7,10-11,15,17,23,26,31-32H,6,8-9,12-14,16,18-22H2,1-5H3,(H,46,47)(H,40,41,42)/t23-,26+,31-,32+,36?,37?/m0/s1. The Labute approximate surface area is 278 Å². The molecule has 4 atom stereocenters. The van der Waals surface area contributed by atoms with Gasteiger partial charge in [-0.15, -0.1) is 0 Å².